The van der Waals surface area contributed by atoms with E-state index in [4.69, 9.17) is 13.8 Å². The molecule has 5 atom stereocenters. The van der Waals surface area contributed by atoms with Gasteiger partial charge in [-0.2, -0.15) is 0 Å². The van der Waals surface area contributed by atoms with Crippen LogP contribution >= 0.6 is 19.5 Å². The van der Waals surface area contributed by atoms with Crippen LogP contribution in [0.5, 0.6) is 0 Å². The van der Waals surface area contributed by atoms with Crippen molar-refractivity contribution in [1.29, 1.82) is 0 Å². The third kappa shape index (κ3) is 8.08. The Morgan fingerprint density at radius 3 is 2.68 bits per heavy atom. The van der Waals surface area contributed by atoms with Gasteiger partial charge in [-0.1, -0.05) is 49.0 Å². The topological polar surface area (TPSA) is 164 Å². The van der Waals surface area contributed by atoms with Crippen LogP contribution in [0.4, 0.5) is 4.79 Å². The highest BCUT2D eigenvalue weighted by Crippen LogP contribution is 2.46. The van der Waals surface area contributed by atoms with Crippen molar-refractivity contribution in [2.45, 2.75) is 52.2 Å². The number of nitrogens with one attached hydrogen (secondary N) is 2. The van der Waals surface area contributed by atoms with Crippen LogP contribution in [0.15, 0.2) is 30.3 Å². The summed E-state index contributed by atoms with van der Waals surface area (Å²) in [6, 6.07) is 8.53. The number of nitrogens with zero attached hydrogens (tertiary/aromatic N) is 1. The number of carbonyl (C=O) groups excluding carboxylic acids is 3. The maximum absolute atomic E-state index is 13.5. The lowest BCUT2D eigenvalue weighted by atomic mass is 9.97. The molecule has 14 heteroatoms. The summed E-state index contributed by atoms with van der Waals surface area (Å²) >= 11 is 0.762. The Morgan fingerprint density at radius 1 is 1.30 bits per heavy atom. The van der Waals surface area contributed by atoms with Crippen LogP contribution in [0.2, 0.25) is 0 Å². The van der Waals surface area contributed by atoms with Gasteiger partial charge in [0.05, 0.1) is 30.7 Å². The van der Waals surface area contributed by atoms with Crippen molar-refractivity contribution < 1.29 is 42.9 Å². The molecule has 3 amide bonds. The van der Waals surface area contributed by atoms with E-state index in [1.165, 1.54) is 4.90 Å². The predicted octanol–water partition coefficient (Wildman–Crippen LogP) is 1.82. The van der Waals surface area contributed by atoms with Crippen LogP contribution in [0.3, 0.4) is 0 Å². The van der Waals surface area contributed by atoms with Crippen molar-refractivity contribution in [2.75, 3.05) is 25.7 Å². The summed E-state index contributed by atoms with van der Waals surface area (Å²) in [6.45, 7) is 4.47. The lowest BCUT2D eigenvalue weighted by molar-refractivity contribution is -0.128. The number of benzene rings is 1. The fraction of sp³-hybridized carbons (Fsp3) is 0.609. The third-order valence-corrected chi connectivity index (χ3v) is 8.78. The number of hydrogen-bond donors (Lipinski definition) is 4. The zero-order chi connectivity index (χ0) is 27.2. The minimum Gasteiger partial charge on any atom is -0.395 e. The minimum atomic E-state index is -3.98. The number of ether oxygens (including phenoxy) is 1. The number of aliphatic hydroxyl groups is 2. The summed E-state index contributed by atoms with van der Waals surface area (Å²) in [7, 11) is -3.98. The number of amides is 3. The van der Waals surface area contributed by atoms with E-state index < -0.39 is 43.5 Å². The Morgan fingerprint density at radius 2 is 2.00 bits per heavy atom. The highest BCUT2D eigenvalue weighted by Gasteiger charge is 2.43. The highest BCUT2D eigenvalue weighted by molar-refractivity contribution is 8.13. The number of urea groups is 1. The molecule has 0 radical (unpaired) electrons. The smallest absolute Gasteiger partial charge is 0.395 e. The fourth-order valence-electron chi connectivity index (χ4n) is 3.56. The Bertz CT molecular complexity index is 1010. The Kier molecular flexibility index (Phi) is 10.3. The maximum atomic E-state index is 13.5. The van der Waals surface area contributed by atoms with Crippen LogP contribution in [0, 0.1) is 11.3 Å². The number of hydrogen-bond acceptors (Lipinski definition) is 10. The van der Waals surface area contributed by atoms with Gasteiger partial charge in [0.25, 0.3) is 0 Å². The molecule has 12 nitrogen and oxygen atoms in total. The number of aliphatic hydroxyl groups excluding tert-OH is 2. The summed E-state index contributed by atoms with van der Waals surface area (Å²) in [4.78, 5) is 37.6. The van der Waals surface area contributed by atoms with Crippen LogP contribution in [-0.4, -0.2) is 76.3 Å². The van der Waals surface area contributed by atoms with E-state index in [9.17, 15) is 29.2 Å². The summed E-state index contributed by atoms with van der Waals surface area (Å²) < 4.78 is 30.4. The Hall–Kier alpha value is -1.83. The number of imide groups is 1. The summed E-state index contributed by atoms with van der Waals surface area (Å²) in [6.07, 6.45) is -2.63. The van der Waals surface area contributed by atoms with Gasteiger partial charge in [0.2, 0.25) is 5.91 Å². The number of thioether (sulfide) groups is 1. The van der Waals surface area contributed by atoms with Gasteiger partial charge >= 0.3 is 13.8 Å². The number of rotatable bonds is 12. The molecule has 37 heavy (non-hydrogen) atoms. The molecule has 3 rings (SSSR count). The van der Waals surface area contributed by atoms with Gasteiger partial charge in [0.1, 0.15) is 18.3 Å². The van der Waals surface area contributed by atoms with E-state index in [1.54, 1.807) is 20.8 Å². The lowest BCUT2D eigenvalue weighted by Gasteiger charge is -2.34. The minimum absolute atomic E-state index is 0.0888. The average Bonchev–Trinajstić information content (AvgIpc) is 3.24. The Balaban J connectivity index is 1.61. The molecule has 2 aliphatic heterocycles. The lowest BCUT2D eigenvalue weighted by Crippen LogP contribution is -2.57. The molecule has 3 unspecified atom stereocenters. The van der Waals surface area contributed by atoms with E-state index in [-0.39, 0.29) is 49.7 Å². The quantitative estimate of drug-likeness (QED) is 0.218. The second-order valence-electron chi connectivity index (χ2n) is 9.61. The molecule has 1 aromatic rings. The van der Waals surface area contributed by atoms with E-state index in [1.807, 2.05) is 30.3 Å². The van der Waals surface area contributed by atoms with E-state index in [0.29, 0.717) is 0 Å². The largest absolute Gasteiger partial charge is 0.406 e. The first kappa shape index (κ1) is 29.7. The molecule has 0 aliphatic carbocycles. The molecule has 0 spiro atoms. The monoisotopic (exact) mass is 559 g/mol. The van der Waals surface area contributed by atoms with Crippen LogP contribution in [0.1, 0.15) is 32.8 Å². The molecule has 2 heterocycles. The summed E-state index contributed by atoms with van der Waals surface area (Å²) in [5.41, 5.74) is -0.173. The molecule has 0 aromatic heterocycles. The first-order valence-electron chi connectivity index (χ1n) is 11.9. The van der Waals surface area contributed by atoms with Crippen molar-refractivity contribution in [1.82, 2.24) is 15.3 Å². The molecular weight excluding hydrogens is 525 g/mol. The first-order valence-corrected chi connectivity index (χ1v) is 14.4. The van der Waals surface area contributed by atoms with Crippen LogP contribution in [0.25, 0.3) is 0 Å². The first-order chi connectivity index (χ1) is 17.4. The predicted molar refractivity (Wildman–Crippen MR) is 135 cm³/mol. The highest BCUT2D eigenvalue weighted by atomic mass is 32.2. The van der Waals surface area contributed by atoms with E-state index >= 15 is 0 Å². The van der Waals surface area contributed by atoms with Gasteiger partial charge in [-0.15, -0.1) is 0 Å². The van der Waals surface area contributed by atoms with Gasteiger partial charge in [-0.25, -0.2) is 14.4 Å². The molecular formula is C23H34N3O9PS. The zero-order valence-electron chi connectivity index (χ0n) is 21.0. The van der Waals surface area contributed by atoms with E-state index in [0.717, 1.165) is 17.3 Å². The third-order valence-electron chi connectivity index (χ3n) is 6.05. The number of carbonyl (C=O) groups is 3. The molecule has 1 aromatic carbocycles. The van der Waals surface area contributed by atoms with Gasteiger partial charge in [0, 0.05) is 19.5 Å². The molecule has 0 bridgehead atoms. The standard InChI is InChI=1S/C23H34N3O9PS/c1-15-11-26(22(31)25-20(15)29)19-9-17(28)18(35-19)12-33-36(32,24-10-16-7-5-4-6-8-16)34-14-37-21(30)23(2,3)13-27/h4-8,15,17-19,27-28H,9-14H2,1-3H3,(H,24,32)(H,25,29,31)/t15?,17?,18-,19-,36?/m0/s1. The van der Waals surface area contributed by atoms with Crippen molar-refractivity contribution in [3.63, 3.8) is 0 Å². The normalized spacial score (nSPS) is 26.1. The maximum Gasteiger partial charge on any atom is 0.406 e. The molecule has 0 saturated carbocycles. The molecule has 2 fully saturated rings. The van der Waals surface area contributed by atoms with Crippen LogP contribution in [-0.2, 0) is 34.5 Å². The zero-order valence-corrected chi connectivity index (χ0v) is 22.7. The fourth-order valence-corrected chi connectivity index (χ4v) is 5.87. The Labute approximate surface area is 220 Å². The van der Waals surface area contributed by atoms with Crippen LogP contribution < -0.4 is 10.4 Å². The molecule has 2 aliphatic rings. The summed E-state index contributed by atoms with van der Waals surface area (Å²) in [5, 5.41) is 24.6. The molecule has 2 saturated heterocycles. The second-order valence-corrected chi connectivity index (χ2v) is 12.3. The van der Waals surface area contributed by atoms with Crippen molar-refractivity contribution in [2.24, 2.45) is 11.3 Å². The van der Waals surface area contributed by atoms with E-state index in [2.05, 4.69) is 10.4 Å². The van der Waals surface area contributed by atoms with Gasteiger partial charge in [0.15, 0.2) is 5.12 Å². The van der Waals surface area contributed by atoms with Crippen molar-refractivity contribution in [3.8, 4) is 0 Å². The van der Waals surface area contributed by atoms with Gasteiger partial charge in [-0.05, 0) is 19.4 Å². The van der Waals surface area contributed by atoms with Gasteiger partial charge in [-0.3, -0.25) is 28.9 Å². The van der Waals surface area contributed by atoms with Crippen molar-refractivity contribution >= 4 is 36.6 Å². The molecule has 4 N–H and O–H groups in total. The van der Waals surface area contributed by atoms with Gasteiger partial charge < -0.3 is 14.9 Å². The molecule has 206 valence electrons. The average molecular weight is 560 g/mol. The second kappa shape index (κ2) is 12.8. The van der Waals surface area contributed by atoms with Crippen molar-refractivity contribution in [3.05, 3.63) is 35.9 Å². The SMILES string of the molecule is CC1CN([C@@H]2CC(O)[C@H](COP(=O)(NCc3ccccc3)OCSC(=O)C(C)(C)CO)O2)C(=O)NC1=O. The summed E-state index contributed by atoms with van der Waals surface area (Å²) in [5.74, 6) is -1.10.